The van der Waals surface area contributed by atoms with Crippen LogP contribution in [-0.2, 0) is 14.3 Å². The third-order valence-electron chi connectivity index (χ3n) is 5.30. The monoisotopic (exact) mass is 283 g/mol. The lowest BCUT2D eigenvalue weighted by Gasteiger charge is -2.58. The first-order valence-corrected chi connectivity index (χ1v) is 7.25. The SMILES string of the molecule is CCOC1CC(NC(=O)[C@H]2CC2(C)C)(C(=O)O)C1(C)C. The van der Waals surface area contributed by atoms with E-state index in [4.69, 9.17) is 4.74 Å². The molecule has 0 aromatic carbocycles. The molecule has 0 spiro atoms. The Morgan fingerprint density at radius 1 is 1.25 bits per heavy atom. The molecule has 0 aromatic rings. The lowest BCUT2D eigenvalue weighted by Crippen LogP contribution is -2.76. The number of carboxylic acid groups (broad SMARTS) is 1. The average Bonchev–Trinajstić information content (AvgIpc) is 2.96. The van der Waals surface area contributed by atoms with Gasteiger partial charge in [0.25, 0.3) is 0 Å². The van der Waals surface area contributed by atoms with Crippen LogP contribution in [0.25, 0.3) is 0 Å². The van der Waals surface area contributed by atoms with Gasteiger partial charge in [-0.15, -0.1) is 0 Å². The van der Waals surface area contributed by atoms with Gasteiger partial charge in [0.15, 0.2) is 0 Å². The average molecular weight is 283 g/mol. The highest BCUT2D eigenvalue weighted by Crippen LogP contribution is 2.55. The van der Waals surface area contributed by atoms with Gasteiger partial charge in [-0.3, -0.25) is 4.79 Å². The molecule has 0 aliphatic heterocycles. The maximum atomic E-state index is 12.3. The van der Waals surface area contributed by atoms with Gasteiger partial charge >= 0.3 is 5.97 Å². The van der Waals surface area contributed by atoms with E-state index in [-0.39, 0.29) is 23.3 Å². The Balaban J connectivity index is 2.13. The molecule has 0 aromatic heterocycles. The molecule has 2 rings (SSSR count). The number of nitrogens with one attached hydrogen (secondary N) is 1. The van der Waals surface area contributed by atoms with Gasteiger partial charge in [0.05, 0.1) is 6.10 Å². The molecule has 114 valence electrons. The van der Waals surface area contributed by atoms with E-state index in [0.717, 1.165) is 6.42 Å². The molecule has 0 heterocycles. The van der Waals surface area contributed by atoms with Crippen LogP contribution in [0.1, 0.15) is 47.5 Å². The third-order valence-corrected chi connectivity index (χ3v) is 5.30. The largest absolute Gasteiger partial charge is 0.479 e. The molecule has 1 amide bonds. The van der Waals surface area contributed by atoms with E-state index in [1.807, 2.05) is 34.6 Å². The summed E-state index contributed by atoms with van der Waals surface area (Å²) in [5.74, 6) is -1.17. The molecule has 5 heteroatoms. The number of carboxylic acids is 1. The van der Waals surface area contributed by atoms with Gasteiger partial charge in [0.1, 0.15) is 5.54 Å². The maximum absolute atomic E-state index is 12.3. The highest BCUT2D eigenvalue weighted by Gasteiger charge is 2.67. The van der Waals surface area contributed by atoms with Crippen molar-refractivity contribution in [3.8, 4) is 0 Å². The van der Waals surface area contributed by atoms with Crippen LogP contribution in [0, 0.1) is 16.7 Å². The Morgan fingerprint density at radius 3 is 2.15 bits per heavy atom. The van der Waals surface area contributed by atoms with Crippen LogP contribution in [0.15, 0.2) is 0 Å². The molecule has 5 nitrogen and oxygen atoms in total. The minimum atomic E-state index is -1.21. The zero-order valence-electron chi connectivity index (χ0n) is 12.9. The van der Waals surface area contributed by atoms with E-state index >= 15 is 0 Å². The first kappa shape index (κ1) is 15.3. The zero-order valence-corrected chi connectivity index (χ0v) is 12.9. The van der Waals surface area contributed by atoms with E-state index in [1.54, 1.807) is 0 Å². The first-order valence-electron chi connectivity index (χ1n) is 7.25. The molecule has 2 aliphatic rings. The van der Waals surface area contributed by atoms with Crippen molar-refractivity contribution in [2.45, 2.75) is 59.1 Å². The van der Waals surface area contributed by atoms with Crippen molar-refractivity contribution >= 4 is 11.9 Å². The van der Waals surface area contributed by atoms with Crippen molar-refractivity contribution in [3.05, 3.63) is 0 Å². The highest BCUT2D eigenvalue weighted by molar-refractivity contribution is 5.91. The number of rotatable bonds is 5. The second-order valence-electron chi connectivity index (χ2n) is 7.31. The van der Waals surface area contributed by atoms with Crippen molar-refractivity contribution in [1.82, 2.24) is 5.32 Å². The summed E-state index contributed by atoms with van der Waals surface area (Å²) in [5, 5.41) is 12.4. The molecule has 2 fully saturated rings. The number of hydrogen-bond donors (Lipinski definition) is 2. The van der Waals surface area contributed by atoms with E-state index in [0.29, 0.717) is 13.0 Å². The van der Waals surface area contributed by atoms with Gasteiger partial charge in [0.2, 0.25) is 5.91 Å². The number of amides is 1. The lowest BCUT2D eigenvalue weighted by molar-refractivity contribution is -0.195. The summed E-state index contributed by atoms with van der Waals surface area (Å²) in [6.45, 7) is 10.2. The van der Waals surface area contributed by atoms with Crippen LogP contribution in [-0.4, -0.2) is 35.2 Å². The summed E-state index contributed by atoms with van der Waals surface area (Å²) in [5.41, 5.74) is -1.82. The third kappa shape index (κ3) is 2.03. The van der Waals surface area contributed by atoms with Crippen LogP contribution >= 0.6 is 0 Å². The highest BCUT2D eigenvalue weighted by atomic mass is 16.5. The van der Waals surface area contributed by atoms with Crippen LogP contribution < -0.4 is 5.32 Å². The van der Waals surface area contributed by atoms with E-state index in [2.05, 4.69) is 5.32 Å². The number of carbonyl (C=O) groups is 2. The summed E-state index contributed by atoms with van der Waals surface area (Å²) in [4.78, 5) is 24.0. The Kier molecular flexibility index (Phi) is 3.40. The summed E-state index contributed by atoms with van der Waals surface area (Å²) < 4.78 is 5.58. The smallest absolute Gasteiger partial charge is 0.330 e. The zero-order chi connectivity index (χ0) is 15.3. The molecule has 3 atom stereocenters. The van der Waals surface area contributed by atoms with Gasteiger partial charge in [-0.2, -0.15) is 0 Å². The standard InChI is InChI=1S/C15H25NO4/c1-6-20-10-8-15(12(18)19,14(10,4)5)16-11(17)9-7-13(9,2)3/h9-10H,6-8H2,1-5H3,(H,16,17)(H,18,19)/t9-,10?,15?/m1/s1. The summed E-state index contributed by atoms with van der Waals surface area (Å²) in [6, 6.07) is 0. The fourth-order valence-electron chi connectivity index (χ4n) is 3.25. The van der Waals surface area contributed by atoms with Gasteiger partial charge in [-0.05, 0) is 18.8 Å². The van der Waals surface area contributed by atoms with Crippen LogP contribution in [0.5, 0.6) is 0 Å². The van der Waals surface area contributed by atoms with Crippen molar-refractivity contribution in [3.63, 3.8) is 0 Å². The lowest BCUT2D eigenvalue weighted by atomic mass is 9.54. The molecule has 0 saturated heterocycles. The van der Waals surface area contributed by atoms with E-state index in [1.165, 1.54) is 0 Å². The number of ether oxygens (including phenoxy) is 1. The molecular weight excluding hydrogens is 258 g/mol. The van der Waals surface area contributed by atoms with Crippen molar-refractivity contribution in [2.75, 3.05) is 6.61 Å². The molecule has 0 bridgehead atoms. The minimum absolute atomic E-state index is 0.00299. The molecule has 20 heavy (non-hydrogen) atoms. The van der Waals surface area contributed by atoms with Crippen LogP contribution in [0.3, 0.4) is 0 Å². The Hall–Kier alpha value is -1.10. The van der Waals surface area contributed by atoms with Crippen molar-refractivity contribution in [2.24, 2.45) is 16.7 Å². The predicted octanol–water partition coefficient (Wildman–Crippen LogP) is 1.81. The molecule has 2 saturated carbocycles. The number of aliphatic carboxylic acids is 1. The minimum Gasteiger partial charge on any atom is -0.479 e. The summed E-state index contributed by atoms with van der Waals surface area (Å²) in [7, 11) is 0. The predicted molar refractivity (Wildman–Crippen MR) is 74.2 cm³/mol. The summed E-state index contributed by atoms with van der Waals surface area (Å²) >= 11 is 0. The van der Waals surface area contributed by atoms with Gasteiger partial charge in [-0.25, -0.2) is 4.79 Å². The Bertz CT molecular complexity index is 443. The Labute approximate surface area is 120 Å². The van der Waals surface area contributed by atoms with E-state index in [9.17, 15) is 14.7 Å². The summed E-state index contributed by atoms with van der Waals surface area (Å²) in [6.07, 6.45) is 1.03. The molecule has 0 radical (unpaired) electrons. The Morgan fingerprint density at radius 2 is 1.80 bits per heavy atom. The molecular formula is C15H25NO4. The van der Waals surface area contributed by atoms with Gasteiger partial charge in [-0.1, -0.05) is 27.7 Å². The van der Waals surface area contributed by atoms with Gasteiger partial charge < -0.3 is 15.2 Å². The fourth-order valence-corrected chi connectivity index (χ4v) is 3.25. The maximum Gasteiger partial charge on any atom is 0.330 e. The molecule has 2 N–H and O–H groups in total. The van der Waals surface area contributed by atoms with Crippen LogP contribution in [0.4, 0.5) is 0 Å². The topological polar surface area (TPSA) is 75.6 Å². The normalized spacial score (nSPS) is 36.9. The fraction of sp³-hybridized carbons (Fsp3) is 0.867. The van der Waals surface area contributed by atoms with Crippen LogP contribution in [0.2, 0.25) is 0 Å². The molecule has 2 unspecified atom stereocenters. The van der Waals surface area contributed by atoms with Crippen molar-refractivity contribution in [1.29, 1.82) is 0 Å². The van der Waals surface area contributed by atoms with E-state index < -0.39 is 16.9 Å². The molecule has 2 aliphatic carbocycles. The number of hydrogen-bond acceptors (Lipinski definition) is 3. The number of carbonyl (C=O) groups excluding carboxylic acids is 1. The first-order chi connectivity index (χ1) is 9.08. The quantitative estimate of drug-likeness (QED) is 0.807. The second-order valence-corrected chi connectivity index (χ2v) is 7.31. The van der Waals surface area contributed by atoms with Gasteiger partial charge in [0, 0.05) is 24.4 Å². The second kappa shape index (κ2) is 4.45. The van der Waals surface area contributed by atoms with Crippen molar-refractivity contribution < 1.29 is 19.4 Å².